The van der Waals surface area contributed by atoms with Crippen molar-refractivity contribution >= 4 is 0 Å². The lowest BCUT2D eigenvalue weighted by molar-refractivity contribution is 0.670. The Bertz CT molecular complexity index is 312. The van der Waals surface area contributed by atoms with Crippen molar-refractivity contribution in [3.63, 3.8) is 0 Å². The molecular weight excluding hydrogens is 174 g/mol. The smallest absolute Gasteiger partial charge is 0.0638 e. The van der Waals surface area contributed by atoms with Gasteiger partial charge in [0.1, 0.15) is 0 Å². The fourth-order valence-electron chi connectivity index (χ4n) is 1.35. The molecule has 0 aliphatic heterocycles. The van der Waals surface area contributed by atoms with Crippen LogP contribution in [-0.2, 0) is 13.1 Å². The fourth-order valence-corrected chi connectivity index (χ4v) is 1.35. The van der Waals surface area contributed by atoms with Crippen molar-refractivity contribution in [3.05, 3.63) is 29.6 Å². The molecule has 0 aromatic carbocycles. The first kappa shape index (κ1) is 11.0. The number of hydrogen-bond donors (Lipinski definition) is 1. The van der Waals surface area contributed by atoms with Gasteiger partial charge in [-0.25, -0.2) is 0 Å². The van der Waals surface area contributed by atoms with Gasteiger partial charge in [-0.05, 0) is 20.4 Å². The molecule has 0 amide bonds. The molecular formula is C11H19N3. The average molecular weight is 193 g/mol. The Morgan fingerprint density at radius 2 is 2.36 bits per heavy atom. The number of aromatic nitrogens is 2. The lowest BCUT2D eigenvalue weighted by atomic mass is 10.2. The zero-order chi connectivity index (χ0) is 10.6. The predicted molar refractivity (Wildman–Crippen MR) is 59.2 cm³/mol. The highest BCUT2D eigenvalue weighted by atomic mass is 15.3. The minimum absolute atomic E-state index is 0.812. The van der Waals surface area contributed by atoms with Crippen LogP contribution in [0.3, 0.4) is 0 Å². The molecule has 0 aliphatic rings. The summed E-state index contributed by atoms with van der Waals surface area (Å²) in [5, 5.41) is 7.72. The van der Waals surface area contributed by atoms with E-state index in [0.29, 0.717) is 0 Å². The molecule has 0 radical (unpaired) electrons. The first-order valence-electron chi connectivity index (χ1n) is 5.01. The molecule has 1 rings (SSSR count). The summed E-state index contributed by atoms with van der Waals surface area (Å²) in [5.41, 5.74) is 3.50. The summed E-state index contributed by atoms with van der Waals surface area (Å²) in [4.78, 5) is 0. The molecule has 1 aromatic rings. The van der Waals surface area contributed by atoms with Crippen molar-refractivity contribution < 1.29 is 0 Å². The molecule has 0 spiro atoms. The summed E-state index contributed by atoms with van der Waals surface area (Å²) in [5.74, 6) is 0. The van der Waals surface area contributed by atoms with Crippen LogP contribution in [0.25, 0.3) is 0 Å². The summed E-state index contributed by atoms with van der Waals surface area (Å²) < 4.78 is 1.95. The van der Waals surface area contributed by atoms with E-state index in [9.17, 15) is 0 Å². The monoisotopic (exact) mass is 193 g/mol. The molecule has 1 heterocycles. The van der Waals surface area contributed by atoms with Gasteiger partial charge >= 0.3 is 0 Å². The summed E-state index contributed by atoms with van der Waals surface area (Å²) in [6, 6.07) is 0. The third-order valence-electron chi connectivity index (χ3n) is 2.05. The highest BCUT2D eigenvalue weighted by Crippen LogP contribution is 2.06. The van der Waals surface area contributed by atoms with Crippen molar-refractivity contribution in [1.29, 1.82) is 0 Å². The van der Waals surface area contributed by atoms with Crippen molar-refractivity contribution in [2.75, 3.05) is 6.54 Å². The first-order chi connectivity index (χ1) is 6.63. The topological polar surface area (TPSA) is 29.9 Å². The lowest BCUT2D eigenvalue weighted by Crippen LogP contribution is -2.11. The SMILES string of the molecule is C=C(C)Cn1cc(CNCC)c(C)n1. The molecule has 0 unspecified atom stereocenters. The van der Waals surface area contributed by atoms with E-state index in [2.05, 4.69) is 30.1 Å². The fraction of sp³-hybridized carbons (Fsp3) is 0.545. The number of nitrogens with one attached hydrogen (secondary N) is 1. The molecule has 0 aliphatic carbocycles. The second kappa shape index (κ2) is 4.96. The molecule has 14 heavy (non-hydrogen) atoms. The van der Waals surface area contributed by atoms with Crippen LogP contribution in [-0.4, -0.2) is 16.3 Å². The molecule has 3 heteroatoms. The normalized spacial score (nSPS) is 10.5. The maximum atomic E-state index is 4.42. The van der Waals surface area contributed by atoms with Gasteiger partial charge in [-0.2, -0.15) is 5.10 Å². The molecule has 0 atom stereocenters. The average Bonchev–Trinajstić information content (AvgIpc) is 2.41. The standard InChI is InChI=1S/C11H19N3/c1-5-12-6-11-8-14(7-9(2)3)13-10(11)4/h8,12H,2,5-7H2,1,3-4H3. The third kappa shape index (κ3) is 3.00. The zero-order valence-electron chi connectivity index (χ0n) is 9.30. The van der Waals surface area contributed by atoms with Gasteiger partial charge in [-0.15, -0.1) is 0 Å². The summed E-state index contributed by atoms with van der Waals surface area (Å²) in [7, 11) is 0. The predicted octanol–water partition coefficient (Wildman–Crippen LogP) is 1.88. The number of rotatable bonds is 5. The van der Waals surface area contributed by atoms with Crippen molar-refractivity contribution in [2.45, 2.75) is 33.9 Å². The van der Waals surface area contributed by atoms with E-state index in [-0.39, 0.29) is 0 Å². The van der Waals surface area contributed by atoms with Crippen LogP contribution in [0.1, 0.15) is 25.1 Å². The Morgan fingerprint density at radius 1 is 1.64 bits per heavy atom. The second-order valence-electron chi connectivity index (χ2n) is 3.67. The van der Waals surface area contributed by atoms with Gasteiger partial charge in [0, 0.05) is 18.3 Å². The Labute approximate surface area is 85.8 Å². The first-order valence-corrected chi connectivity index (χ1v) is 5.01. The zero-order valence-corrected chi connectivity index (χ0v) is 9.30. The van der Waals surface area contributed by atoms with Crippen molar-refractivity contribution in [2.24, 2.45) is 0 Å². The largest absolute Gasteiger partial charge is 0.313 e. The minimum atomic E-state index is 0.812. The summed E-state index contributed by atoms with van der Waals surface area (Å²) in [6.45, 7) is 12.7. The van der Waals surface area contributed by atoms with Gasteiger partial charge in [0.25, 0.3) is 0 Å². The molecule has 0 fully saturated rings. The molecule has 1 aromatic heterocycles. The van der Waals surface area contributed by atoms with Gasteiger partial charge in [-0.1, -0.05) is 19.1 Å². The Morgan fingerprint density at radius 3 is 2.93 bits per heavy atom. The minimum Gasteiger partial charge on any atom is -0.313 e. The second-order valence-corrected chi connectivity index (χ2v) is 3.67. The van der Waals surface area contributed by atoms with E-state index >= 15 is 0 Å². The van der Waals surface area contributed by atoms with Crippen LogP contribution in [0, 0.1) is 6.92 Å². The Balaban J connectivity index is 2.66. The van der Waals surface area contributed by atoms with E-state index in [0.717, 1.165) is 30.9 Å². The van der Waals surface area contributed by atoms with Crippen LogP contribution in [0.2, 0.25) is 0 Å². The van der Waals surface area contributed by atoms with E-state index in [1.165, 1.54) is 5.56 Å². The Kier molecular flexibility index (Phi) is 3.89. The van der Waals surface area contributed by atoms with E-state index < -0.39 is 0 Å². The Hall–Kier alpha value is -1.09. The van der Waals surface area contributed by atoms with E-state index in [4.69, 9.17) is 0 Å². The van der Waals surface area contributed by atoms with Crippen LogP contribution in [0.5, 0.6) is 0 Å². The van der Waals surface area contributed by atoms with Crippen molar-refractivity contribution in [1.82, 2.24) is 15.1 Å². The quantitative estimate of drug-likeness (QED) is 0.724. The van der Waals surface area contributed by atoms with Crippen LogP contribution in [0.4, 0.5) is 0 Å². The number of aryl methyl sites for hydroxylation is 1. The molecule has 0 bridgehead atoms. The molecule has 0 saturated heterocycles. The molecule has 0 saturated carbocycles. The van der Waals surface area contributed by atoms with Gasteiger partial charge in [0.2, 0.25) is 0 Å². The maximum absolute atomic E-state index is 4.42. The lowest BCUT2D eigenvalue weighted by Gasteiger charge is -1.99. The molecule has 3 nitrogen and oxygen atoms in total. The van der Waals surface area contributed by atoms with Gasteiger partial charge in [0.05, 0.1) is 12.2 Å². The van der Waals surface area contributed by atoms with E-state index in [1.54, 1.807) is 0 Å². The highest BCUT2D eigenvalue weighted by Gasteiger charge is 2.03. The van der Waals surface area contributed by atoms with Crippen LogP contribution < -0.4 is 5.32 Å². The van der Waals surface area contributed by atoms with E-state index in [1.807, 2.05) is 18.5 Å². The molecule has 78 valence electrons. The molecule has 1 N–H and O–H groups in total. The summed E-state index contributed by atoms with van der Waals surface area (Å²) >= 11 is 0. The van der Waals surface area contributed by atoms with Crippen molar-refractivity contribution in [3.8, 4) is 0 Å². The summed E-state index contributed by atoms with van der Waals surface area (Å²) in [6.07, 6.45) is 2.09. The van der Waals surface area contributed by atoms with Crippen LogP contribution in [0.15, 0.2) is 18.3 Å². The van der Waals surface area contributed by atoms with Gasteiger partial charge in [0.15, 0.2) is 0 Å². The number of allylic oxidation sites excluding steroid dienone is 1. The van der Waals surface area contributed by atoms with Crippen LogP contribution >= 0.6 is 0 Å². The maximum Gasteiger partial charge on any atom is 0.0638 e. The van der Waals surface area contributed by atoms with Gasteiger partial charge in [-0.3, -0.25) is 4.68 Å². The highest BCUT2D eigenvalue weighted by molar-refractivity contribution is 5.15. The number of hydrogen-bond acceptors (Lipinski definition) is 2. The van der Waals surface area contributed by atoms with Gasteiger partial charge < -0.3 is 5.32 Å². The third-order valence-corrected chi connectivity index (χ3v) is 2.05. The number of nitrogens with zero attached hydrogens (tertiary/aromatic N) is 2.